The molecule has 2 rings (SSSR count). The number of hydrogen-bond donors (Lipinski definition) is 1. The summed E-state index contributed by atoms with van der Waals surface area (Å²) in [5.41, 5.74) is 2.49. The van der Waals surface area contributed by atoms with Crippen LogP contribution in [0.15, 0.2) is 46.6 Å². The van der Waals surface area contributed by atoms with Gasteiger partial charge in [0.15, 0.2) is 0 Å². The molecule has 0 saturated carbocycles. The second-order valence-electron chi connectivity index (χ2n) is 4.93. The molecular formula is C17H20N2O2. The molecule has 1 N–H and O–H groups in total. The quantitative estimate of drug-likeness (QED) is 0.809. The van der Waals surface area contributed by atoms with Crippen LogP contribution in [0.25, 0.3) is 6.08 Å². The molecule has 0 bridgehead atoms. The van der Waals surface area contributed by atoms with Crippen molar-refractivity contribution in [3.05, 3.63) is 53.4 Å². The molecule has 110 valence electrons. The molecule has 21 heavy (non-hydrogen) atoms. The molecule has 1 aromatic carbocycles. The lowest BCUT2D eigenvalue weighted by Gasteiger charge is -2.06. The van der Waals surface area contributed by atoms with Gasteiger partial charge in [-0.25, -0.2) is 0 Å². The summed E-state index contributed by atoms with van der Waals surface area (Å²) in [5.74, 6) is -0.158. The van der Waals surface area contributed by atoms with Crippen molar-refractivity contribution in [3.63, 3.8) is 0 Å². The summed E-state index contributed by atoms with van der Waals surface area (Å²) in [5, 5.41) is 2.71. The fourth-order valence-corrected chi connectivity index (χ4v) is 1.96. The van der Waals surface area contributed by atoms with Crippen molar-refractivity contribution >= 4 is 18.0 Å². The largest absolute Gasteiger partial charge is 0.432 e. The van der Waals surface area contributed by atoms with Gasteiger partial charge < -0.3 is 4.42 Å². The number of aryl methyl sites for hydroxylation is 1. The maximum absolute atomic E-state index is 12.4. The topological polar surface area (TPSA) is 55.1 Å². The second kappa shape index (κ2) is 7.43. The minimum absolute atomic E-state index is 0.158. The third-order valence-electron chi connectivity index (χ3n) is 3.07. The average Bonchev–Trinajstić information content (AvgIpc) is 2.89. The number of hydrogen-bond acceptors (Lipinski definition) is 3. The highest BCUT2D eigenvalue weighted by molar-refractivity contribution is 6.05. The van der Waals surface area contributed by atoms with E-state index in [-0.39, 0.29) is 11.9 Å². The molecule has 0 unspecified atom stereocenters. The number of nitrogens with one attached hydrogen (secondary N) is 1. The van der Waals surface area contributed by atoms with Gasteiger partial charge in [0.05, 0.1) is 5.69 Å². The summed E-state index contributed by atoms with van der Waals surface area (Å²) < 4.78 is 5.17. The number of carbonyl (C=O) groups is 1. The Kier molecular flexibility index (Phi) is 5.32. The van der Waals surface area contributed by atoms with Crippen molar-refractivity contribution < 1.29 is 9.21 Å². The number of amides is 1. The molecule has 0 spiro atoms. The van der Waals surface area contributed by atoms with Crippen LogP contribution in [-0.2, 0) is 4.79 Å². The summed E-state index contributed by atoms with van der Waals surface area (Å²) >= 11 is 0. The van der Waals surface area contributed by atoms with E-state index in [1.54, 1.807) is 0 Å². The van der Waals surface area contributed by atoms with Crippen molar-refractivity contribution in [1.29, 1.82) is 0 Å². The molecule has 0 radical (unpaired) electrons. The van der Waals surface area contributed by atoms with Crippen LogP contribution in [0.4, 0.5) is 6.01 Å². The van der Waals surface area contributed by atoms with Crippen molar-refractivity contribution in [2.45, 2.75) is 33.1 Å². The predicted octanol–water partition coefficient (Wildman–Crippen LogP) is 4.20. The van der Waals surface area contributed by atoms with Crippen molar-refractivity contribution in [2.75, 3.05) is 5.32 Å². The number of nitrogens with zero attached hydrogens (tertiary/aromatic N) is 1. The smallest absolute Gasteiger partial charge is 0.301 e. The third kappa shape index (κ3) is 4.60. The highest BCUT2D eigenvalue weighted by Gasteiger charge is 2.12. The molecule has 0 fully saturated rings. The van der Waals surface area contributed by atoms with Crippen LogP contribution in [0.1, 0.15) is 37.4 Å². The molecule has 1 amide bonds. The lowest BCUT2D eigenvalue weighted by molar-refractivity contribution is -0.113. The molecule has 1 heterocycles. The molecule has 0 saturated heterocycles. The normalized spacial score (nSPS) is 11.4. The molecule has 4 heteroatoms. The van der Waals surface area contributed by atoms with E-state index in [4.69, 9.17) is 4.42 Å². The van der Waals surface area contributed by atoms with E-state index in [2.05, 4.69) is 17.2 Å². The molecule has 0 aliphatic heterocycles. The fourth-order valence-electron chi connectivity index (χ4n) is 1.96. The highest BCUT2D eigenvalue weighted by atomic mass is 16.4. The van der Waals surface area contributed by atoms with Gasteiger partial charge in [-0.15, -0.1) is 0 Å². The second-order valence-corrected chi connectivity index (χ2v) is 4.93. The first-order chi connectivity index (χ1) is 10.2. The van der Waals surface area contributed by atoms with Crippen molar-refractivity contribution in [1.82, 2.24) is 4.98 Å². The van der Waals surface area contributed by atoms with E-state index < -0.39 is 0 Å². The zero-order valence-electron chi connectivity index (χ0n) is 12.4. The van der Waals surface area contributed by atoms with Crippen LogP contribution in [-0.4, -0.2) is 10.9 Å². The Labute approximate surface area is 124 Å². The van der Waals surface area contributed by atoms with Crippen LogP contribution in [0.3, 0.4) is 0 Å². The summed E-state index contributed by atoms with van der Waals surface area (Å²) in [7, 11) is 0. The van der Waals surface area contributed by atoms with Crippen molar-refractivity contribution in [3.8, 4) is 0 Å². The Bertz CT molecular complexity index is 615. The maximum atomic E-state index is 12.4. The Balaban J connectivity index is 2.15. The highest BCUT2D eigenvalue weighted by Crippen LogP contribution is 2.16. The Hall–Kier alpha value is -2.36. The zero-order chi connectivity index (χ0) is 15.1. The third-order valence-corrected chi connectivity index (χ3v) is 3.07. The van der Waals surface area contributed by atoms with Gasteiger partial charge in [0.2, 0.25) is 0 Å². The number of carbonyl (C=O) groups excluding carboxylic acids is 1. The van der Waals surface area contributed by atoms with Crippen LogP contribution in [0.2, 0.25) is 0 Å². The number of anilines is 1. The summed E-state index contributed by atoms with van der Waals surface area (Å²) in [6.07, 6.45) is 6.17. The number of unbranched alkanes of at least 4 members (excludes halogenated alkanes) is 1. The maximum Gasteiger partial charge on any atom is 0.301 e. The standard InChI is InChI=1S/C17H20N2O2/c1-3-4-10-15(11-14-8-6-5-7-9-14)16(20)19-17-18-13(2)12-21-17/h5-9,11-12H,3-4,10H2,1-2H3,(H,18,19,20). The van der Waals surface area contributed by atoms with E-state index in [0.717, 1.165) is 36.1 Å². The molecule has 4 nitrogen and oxygen atoms in total. The van der Waals surface area contributed by atoms with Gasteiger partial charge in [-0.05, 0) is 31.4 Å². The number of oxazole rings is 1. The summed E-state index contributed by atoms with van der Waals surface area (Å²) in [4.78, 5) is 16.4. The van der Waals surface area contributed by atoms with E-state index in [1.165, 1.54) is 6.26 Å². The van der Waals surface area contributed by atoms with Crippen LogP contribution in [0.5, 0.6) is 0 Å². The van der Waals surface area contributed by atoms with Gasteiger partial charge in [-0.2, -0.15) is 4.98 Å². The molecule has 1 aromatic heterocycles. The predicted molar refractivity (Wildman–Crippen MR) is 83.8 cm³/mol. The van der Waals surface area contributed by atoms with Crippen LogP contribution in [0, 0.1) is 6.92 Å². The van der Waals surface area contributed by atoms with Gasteiger partial charge in [0.1, 0.15) is 6.26 Å². The Morgan fingerprint density at radius 3 is 2.71 bits per heavy atom. The Morgan fingerprint density at radius 1 is 1.33 bits per heavy atom. The SMILES string of the molecule is CCCCC(=Cc1ccccc1)C(=O)Nc1nc(C)co1. The van der Waals surface area contributed by atoms with Crippen LogP contribution >= 0.6 is 0 Å². The minimum atomic E-state index is -0.158. The van der Waals surface area contributed by atoms with Gasteiger partial charge in [-0.1, -0.05) is 43.7 Å². The number of aromatic nitrogens is 1. The first-order valence-corrected chi connectivity index (χ1v) is 7.18. The lowest BCUT2D eigenvalue weighted by atomic mass is 10.0. The lowest BCUT2D eigenvalue weighted by Crippen LogP contribution is -2.14. The number of rotatable bonds is 6. The van der Waals surface area contributed by atoms with Gasteiger partial charge in [0.25, 0.3) is 5.91 Å². The van der Waals surface area contributed by atoms with Crippen molar-refractivity contribution in [2.24, 2.45) is 0 Å². The first kappa shape index (κ1) is 15.0. The van der Waals surface area contributed by atoms with Crippen LogP contribution < -0.4 is 5.32 Å². The van der Waals surface area contributed by atoms with Gasteiger partial charge >= 0.3 is 6.01 Å². The molecule has 0 aliphatic rings. The van der Waals surface area contributed by atoms with E-state index in [9.17, 15) is 4.79 Å². The Morgan fingerprint density at radius 2 is 2.10 bits per heavy atom. The first-order valence-electron chi connectivity index (χ1n) is 7.18. The van der Waals surface area contributed by atoms with E-state index >= 15 is 0 Å². The van der Waals surface area contributed by atoms with Gasteiger partial charge in [0, 0.05) is 5.57 Å². The summed E-state index contributed by atoms with van der Waals surface area (Å²) in [6, 6.07) is 10.1. The fraction of sp³-hybridized carbons (Fsp3) is 0.294. The number of benzene rings is 1. The molecular weight excluding hydrogens is 264 g/mol. The molecule has 0 aliphatic carbocycles. The molecule has 2 aromatic rings. The van der Waals surface area contributed by atoms with E-state index in [0.29, 0.717) is 0 Å². The van der Waals surface area contributed by atoms with Gasteiger partial charge in [-0.3, -0.25) is 10.1 Å². The monoisotopic (exact) mass is 284 g/mol. The summed E-state index contributed by atoms with van der Waals surface area (Å²) in [6.45, 7) is 3.92. The van der Waals surface area contributed by atoms with E-state index in [1.807, 2.05) is 43.3 Å². The minimum Gasteiger partial charge on any atom is -0.432 e. The average molecular weight is 284 g/mol. The molecule has 0 atom stereocenters. The zero-order valence-corrected chi connectivity index (χ0v) is 12.4.